The van der Waals surface area contributed by atoms with Crippen molar-refractivity contribution in [3.05, 3.63) is 158 Å². The van der Waals surface area contributed by atoms with E-state index < -0.39 is 84.1 Å². The second kappa shape index (κ2) is 23.3. The fourth-order valence-corrected chi connectivity index (χ4v) is 8.20. The number of thiophene rings is 1. The summed E-state index contributed by atoms with van der Waals surface area (Å²) in [5.74, 6) is -6.00. The molecule has 5 aromatic rings. The molecule has 4 aromatic carbocycles. The molecule has 0 spiro atoms. The van der Waals surface area contributed by atoms with Crippen LogP contribution in [0.5, 0.6) is 0 Å². The largest absolute Gasteiger partial charge is 0.480 e. The summed E-state index contributed by atoms with van der Waals surface area (Å²) in [6.45, 7) is 0. The summed E-state index contributed by atoms with van der Waals surface area (Å²) in [6.07, 6.45) is -2.29. The highest BCUT2D eigenvalue weighted by molar-refractivity contribution is 9.10. The first-order chi connectivity index (χ1) is 31.3. The van der Waals surface area contributed by atoms with E-state index in [0.717, 1.165) is 14.9 Å². The minimum Gasteiger partial charge on any atom is -0.480 e. The standard InChI is InChI=1S/C48H49BrN6O9S/c49-33-18-13-31(14-19-33)24-37-44(59)52-36(22-17-29-8-3-1-4-9-29)43(58)53-38(45(60)55-40(48(63)64)26-30-10-5-2-6-11-30)25-32-15-20-34(21-16-32)50-47(62)41(56)28-42(57)51-39(46(61)54-37)27-35-12-7-23-65-35/h1-16,18-21,23,36-41,56H,17,22,24-28H2,(H,50,62)(H,51,57)(H,52,59)(H,53,58)(H,54,61)(H,55,60)(H,63,64)/t36-,37+,38+,39-,40-,41+/m0/s1. The van der Waals surface area contributed by atoms with Crippen molar-refractivity contribution in [2.75, 3.05) is 5.32 Å². The Morgan fingerprint density at radius 3 is 1.91 bits per heavy atom. The molecule has 0 aliphatic carbocycles. The van der Waals surface area contributed by atoms with Gasteiger partial charge in [-0.05, 0) is 70.8 Å². The molecule has 2 aliphatic rings. The van der Waals surface area contributed by atoms with Gasteiger partial charge in [-0.25, -0.2) is 4.79 Å². The van der Waals surface area contributed by atoms with Crippen molar-refractivity contribution in [1.29, 1.82) is 0 Å². The van der Waals surface area contributed by atoms with E-state index in [1.54, 1.807) is 84.2 Å². The molecule has 0 fully saturated rings. The number of amides is 6. The van der Waals surface area contributed by atoms with Gasteiger partial charge in [0.25, 0.3) is 5.91 Å². The highest BCUT2D eigenvalue weighted by Gasteiger charge is 2.34. The normalized spacial score (nSPS) is 20.5. The number of anilines is 1. The molecule has 2 aliphatic heterocycles. The minimum absolute atomic E-state index is 0.0240. The smallest absolute Gasteiger partial charge is 0.326 e. The first kappa shape index (κ1) is 47.8. The van der Waals surface area contributed by atoms with Crippen LogP contribution in [0, 0.1) is 0 Å². The Morgan fingerprint density at radius 2 is 1.28 bits per heavy atom. The number of hydrogen-bond donors (Lipinski definition) is 8. The molecule has 6 atom stereocenters. The van der Waals surface area contributed by atoms with Crippen molar-refractivity contribution in [2.24, 2.45) is 0 Å². The third-order valence-electron chi connectivity index (χ3n) is 10.7. The highest BCUT2D eigenvalue weighted by Crippen LogP contribution is 2.17. The van der Waals surface area contributed by atoms with Gasteiger partial charge in [0.05, 0.1) is 6.42 Å². The quantitative estimate of drug-likeness (QED) is 0.0853. The topological polar surface area (TPSA) is 232 Å². The molecule has 1 aromatic heterocycles. The van der Waals surface area contributed by atoms with Crippen LogP contribution < -0.4 is 31.9 Å². The molecule has 0 saturated carbocycles. The molecular weight excluding hydrogens is 917 g/mol. The average Bonchev–Trinajstić information content (AvgIpc) is 3.81. The van der Waals surface area contributed by atoms with Gasteiger partial charge >= 0.3 is 5.97 Å². The lowest BCUT2D eigenvalue weighted by atomic mass is 10.00. The van der Waals surface area contributed by atoms with Crippen LogP contribution in [0.4, 0.5) is 5.69 Å². The number of benzene rings is 4. The van der Waals surface area contributed by atoms with Gasteiger partial charge in [0, 0.05) is 40.7 Å². The summed E-state index contributed by atoms with van der Waals surface area (Å²) < 4.78 is 0.776. The number of carbonyl (C=O) groups excluding carboxylic acids is 6. The molecule has 2 bridgehead atoms. The molecule has 8 N–H and O–H groups in total. The van der Waals surface area contributed by atoms with Crippen molar-refractivity contribution in [1.82, 2.24) is 26.6 Å². The van der Waals surface area contributed by atoms with E-state index in [4.69, 9.17) is 0 Å². The SMILES string of the molecule is O=C1C[C@@H](O)C(=O)Nc2ccc(cc2)C[C@H](C(=O)N[C@@H](Cc2ccccc2)C(=O)O)NC(=O)[C@H](CCc2ccccc2)NC(=O)[C@@H](Cc2ccc(Br)cc2)NC(=O)[C@H](Cc2cccs2)N1. The molecule has 15 nitrogen and oxygen atoms in total. The van der Waals surface area contributed by atoms with E-state index >= 15 is 0 Å². The summed E-state index contributed by atoms with van der Waals surface area (Å²) in [7, 11) is 0. The van der Waals surface area contributed by atoms with Gasteiger partial charge in [0.2, 0.25) is 29.5 Å². The molecule has 338 valence electrons. The molecule has 17 heteroatoms. The molecule has 65 heavy (non-hydrogen) atoms. The van der Waals surface area contributed by atoms with Crippen LogP contribution in [0.3, 0.4) is 0 Å². The Bertz CT molecular complexity index is 2420. The molecular formula is C48H49BrN6O9S. The van der Waals surface area contributed by atoms with Crippen LogP contribution >= 0.6 is 27.3 Å². The van der Waals surface area contributed by atoms with E-state index in [0.29, 0.717) is 23.1 Å². The summed E-state index contributed by atoms with van der Waals surface area (Å²) in [4.78, 5) is 97.1. The molecule has 0 unspecified atom stereocenters. The van der Waals surface area contributed by atoms with Crippen LogP contribution in [0.2, 0.25) is 0 Å². The van der Waals surface area contributed by atoms with Crippen LogP contribution in [-0.4, -0.2) is 87.9 Å². The third kappa shape index (κ3) is 14.7. The van der Waals surface area contributed by atoms with Gasteiger partial charge in [-0.1, -0.05) is 107 Å². The van der Waals surface area contributed by atoms with Gasteiger partial charge in [-0.15, -0.1) is 11.3 Å². The van der Waals surface area contributed by atoms with Crippen molar-refractivity contribution in [3.63, 3.8) is 0 Å². The lowest BCUT2D eigenvalue weighted by molar-refractivity contribution is -0.142. The number of carboxylic acid groups (broad SMARTS) is 1. The van der Waals surface area contributed by atoms with E-state index in [-0.39, 0.29) is 37.8 Å². The molecule has 6 amide bonds. The van der Waals surface area contributed by atoms with E-state index in [1.165, 1.54) is 23.5 Å². The number of carbonyl (C=O) groups is 7. The van der Waals surface area contributed by atoms with Gasteiger partial charge in [-0.2, -0.15) is 0 Å². The number of rotatable bonds is 12. The van der Waals surface area contributed by atoms with Crippen molar-refractivity contribution >= 4 is 74.4 Å². The lowest BCUT2D eigenvalue weighted by Crippen LogP contribution is -2.60. The highest BCUT2D eigenvalue weighted by atomic mass is 79.9. The maximum absolute atomic E-state index is 14.5. The number of aliphatic hydroxyl groups excluding tert-OH is 1. The number of nitrogens with one attached hydrogen (secondary N) is 6. The van der Waals surface area contributed by atoms with Gasteiger partial charge < -0.3 is 42.1 Å². The maximum Gasteiger partial charge on any atom is 0.326 e. The fraction of sp³-hybridized carbons (Fsp3) is 0.271. The number of carboxylic acids is 1. The Kier molecular flexibility index (Phi) is 17.1. The Balaban J connectivity index is 1.36. The first-order valence-electron chi connectivity index (χ1n) is 21.0. The van der Waals surface area contributed by atoms with E-state index in [1.807, 2.05) is 30.3 Å². The summed E-state index contributed by atoms with van der Waals surface area (Å²) >= 11 is 4.76. The first-order valence-corrected chi connectivity index (χ1v) is 22.6. The number of aliphatic carboxylic acids is 1. The predicted octanol–water partition coefficient (Wildman–Crippen LogP) is 3.63. The third-order valence-corrected chi connectivity index (χ3v) is 12.1. The number of aliphatic hydroxyl groups is 1. The number of hydrogen-bond acceptors (Lipinski definition) is 9. The zero-order chi connectivity index (χ0) is 46.3. The average molecular weight is 966 g/mol. The van der Waals surface area contributed by atoms with E-state index in [9.17, 15) is 43.8 Å². The van der Waals surface area contributed by atoms with E-state index in [2.05, 4.69) is 47.8 Å². The monoisotopic (exact) mass is 964 g/mol. The van der Waals surface area contributed by atoms with Crippen molar-refractivity contribution < 1.29 is 43.8 Å². The Labute approximate surface area is 387 Å². The Morgan fingerprint density at radius 1 is 0.662 bits per heavy atom. The Hall–Kier alpha value is -6.69. The summed E-state index contributed by atoms with van der Waals surface area (Å²) in [5.41, 5.74) is 2.93. The van der Waals surface area contributed by atoms with Crippen LogP contribution in [0.1, 0.15) is 40.0 Å². The number of aryl methyl sites for hydroxylation is 1. The second-order valence-electron chi connectivity index (χ2n) is 15.6. The summed E-state index contributed by atoms with van der Waals surface area (Å²) in [6, 6.07) is 28.3. The van der Waals surface area contributed by atoms with Crippen molar-refractivity contribution in [3.8, 4) is 0 Å². The zero-order valence-electron chi connectivity index (χ0n) is 35.1. The zero-order valence-corrected chi connectivity index (χ0v) is 37.5. The molecule has 0 saturated heterocycles. The number of halogens is 1. The lowest BCUT2D eigenvalue weighted by Gasteiger charge is -2.27. The second-order valence-corrected chi connectivity index (χ2v) is 17.6. The van der Waals surface area contributed by atoms with Gasteiger partial charge in [-0.3, -0.25) is 28.8 Å². The maximum atomic E-state index is 14.5. The molecule has 0 radical (unpaired) electrons. The molecule has 7 rings (SSSR count). The number of fused-ring (bicyclic) bond motifs is 18. The van der Waals surface area contributed by atoms with Gasteiger partial charge in [0.15, 0.2) is 0 Å². The summed E-state index contributed by atoms with van der Waals surface area (Å²) in [5, 5.41) is 38.9. The predicted molar refractivity (Wildman–Crippen MR) is 247 cm³/mol. The van der Waals surface area contributed by atoms with Crippen LogP contribution in [0.25, 0.3) is 0 Å². The van der Waals surface area contributed by atoms with Gasteiger partial charge in [0.1, 0.15) is 36.3 Å². The molecule has 3 heterocycles. The fourth-order valence-electron chi connectivity index (χ4n) is 7.18. The minimum atomic E-state index is -1.81. The van der Waals surface area contributed by atoms with Crippen LogP contribution in [0.15, 0.2) is 131 Å². The van der Waals surface area contributed by atoms with Crippen molar-refractivity contribution in [2.45, 2.75) is 81.3 Å². The van der Waals surface area contributed by atoms with Crippen LogP contribution in [-0.2, 0) is 65.7 Å².